The zero-order valence-corrected chi connectivity index (χ0v) is 12.0. The number of ether oxygens (including phenoxy) is 1. The molecule has 1 aliphatic heterocycles. The van der Waals surface area contributed by atoms with Crippen molar-refractivity contribution >= 4 is 41.2 Å². The Labute approximate surface area is 153 Å². The van der Waals surface area contributed by atoms with Gasteiger partial charge in [-0.1, -0.05) is 5.92 Å². The van der Waals surface area contributed by atoms with Crippen molar-refractivity contribution in [3.63, 3.8) is 0 Å². The number of nitrogens with zero attached hydrogens (tertiary/aromatic N) is 2. The molecule has 0 bridgehead atoms. The zero-order chi connectivity index (χ0) is 15.1. The molecule has 0 radical (unpaired) electrons. The first-order valence-electron chi connectivity index (χ1n) is 7.04. The van der Waals surface area contributed by atoms with Crippen LogP contribution in [0.5, 0.6) is 5.75 Å². The Morgan fingerprint density at radius 2 is 1.86 bits per heavy atom. The van der Waals surface area contributed by atoms with Gasteiger partial charge in [0, 0.05) is 38.4 Å². The fourth-order valence-corrected chi connectivity index (χ4v) is 2.36. The van der Waals surface area contributed by atoms with Crippen LogP contribution in [0.4, 0.5) is 5.69 Å². The molecule has 1 aromatic carbocycles. The van der Waals surface area contributed by atoms with Crippen LogP contribution >= 0.6 is 0 Å². The van der Waals surface area contributed by atoms with Crippen LogP contribution in [0.1, 0.15) is 6.42 Å². The molecule has 1 fully saturated rings. The molecule has 0 atom stereocenters. The third-order valence-electron chi connectivity index (χ3n) is 3.54. The Morgan fingerprint density at radius 1 is 1.23 bits per heavy atom. The molecule has 1 N–H and O–H groups in total. The van der Waals surface area contributed by atoms with Crippen LogP contribution in [-0.2, 0) is 4.79 Å². The Morgan fingerprint density at radius 3 is 2.41 bits per heavy atom. The van der Waals surface area contributed by atoms with E-state index in [0.29, 0.717) is 6.54 Å². The molecule has 0 aliphatic carbocycles. The minimum atomic E-state index is -0.736. The van der Waals surface area contributed by atoms with Crippen molar-refractivity contribution in [3.8, 4) is 18.1 Å². The molecule has 5 nitrogen and oxygen atoms in total. The number of carboxylic acids is 1. The van der Waals surface area contributed by atoms with Crippen LogP contribution in [0.25, 0.3) is 0 Å². The topological polar surface area (TPSA) is 53.0 Å². The van der Waals surface area contributed by atoms with Crippen molar-refractivity contribution in [1.29, 1.82) is 0 Å². The molecule has 114 valence electrons. The van der Waals surface area contributed by atoms with Crippen LogP contribution in [-0.4, -0.2) is 84.9 Å². The van der Waals surface area contributed by atoms with Crippen molar-refractivity contribution < 1.29 is 14.6 Å². The van der Waals surface area contributed by atoms with Crippen LogP contribution < -0.4 is 9.64 Å². The Balaban J connectivity index is 0.00000242. The van der Waals surface area contributed by atoms with E-state index < -0.39 is 5.97 Å². The van der Waals surface area contributed by atoms with E-state index in [4.69, 9.17) is 16.3 Å². The zero-order valence-electron chi connectivity index (χ0n) is 12.0. The maximum absolute atomic E-state index is 10.6. The number of terminal acetylenes is 1. The number of benzene rings is 1. The first-order valence-corrected chi connectivity index (χ1v) is 7.04. The monoisotopic (exact) mass is 312 g/mol. The van der Waals surface area contributed by atoms with E-state index in [2.05, 4.69) is 15.7 Å². The fraction of sp³-hybridized carbons (Fsp3) is 0.438. The molecule has 6 heteroatoms. The quantitative estimate of drug-likeness (QED) is 0.617. The number of hydrogen-bond donors (Lipinski definition) is 1. The number of anilines is 1. The maximum atomic E-state index is 10.6. The standard InChI is InChI=1S/C16H20N2O3.Na.H/c1-2-13-21-15-5-3-14(4-6-15)18-11-9-17(10-12-18)8-7-16(19)20;;/h1,3-6H,7-13H2,(H,19,20);;. The van der Waals surface area contributed by atoms with Gasteiger partial charge in [-0.2, -0.15) is 0 Å². The summed E-state index contributed by atoms with van der Waals surface area (Å²) in [5.74, 6) is 2.48. The third-order valence-corrected chi connectivity index (χ3v) is 3.54. The number of carbonyl (C=O) groups is 1. The van der Waals surface area contributed by atoms with E-state index >= 15 is 0 Å². The van der Waals surface area contributed by atoms with Crippen molar-refractivity contribution in [2.45, 2.75) is 6.42 Å². The predicted octanol–water partition coefficient (Wildman–Crippen LogP) is 0.647. The molecule has 1 heterocycles. The summed E-state index contributed by atoms with van der Waals surface area (Å²) in [5.41, 5.74) is 1.15. The number of aliphatic carboxylic acids is 1. The van der Waals surface area contributed by atoms with Gasteiger partial charge in [0.25, 0.3) is 0 Å². The number of piperazine rings is 1. The first kappa shape index (κ1) is 18.9. The number of rotatable bonds is 6. The van der Waals surface area contributed by atoms with Crippen LogP contribution in [0.2, 0.25) is 0 Å². The van der Waals surface area contributed by atoms with Gasteiger partial charge in [-0.25, -0.2) is 0 Å². The molecule has 1 aliphatic rings. The molecule has 0 amide bonds. The van der Waals surface area contributed by atoms with E-state index in [9.17, 15) is 4.79 Å². The van der Waals surface area contributed by atoms with Gasteiger partial charge in [-0.05, 0) is 24.3 Å². The average molecular weight is 312 g/mol. The van der Waals surface area contributed by atoms with Gasteiger partial charge in [0.2, 0.25) is 0 Å². The summed E-state index contributed by atoms with van der Waals surface area (Å²) in [6, 6.07) is 7.89. The van der Waals surface area contributed by atoms with Gasteiger partial charge in [0.1, 0.15) is 12.4 Å². The summed E-state index contributed by atoms with van der Waals surface area (Å²) in [6.07, 6.45) is 5.36. The normalized spacial score (nSPS) is 14.8. The fourth-order valence-electron chi connectivity index (χ4n) is 2.36. The molecule has 0 aromatic heterocycles. The second kappa shape index (κ2) is 9.75. The summed E-state index contributed by atoms with van der Waals surface area (Å²) >= 11 is 0. The van der Waals surface area contributed by atoms with Gasteiger partial charge in [-0.15, -0.1) is 6.42 Å². The van der Waals surface area contributed by atoms with E-state index in [-0.39, 0.29) is 42.6 Å². The van der Waals surface area contributed by atoms with Gasteiger partial charge >= 0.3 is 35.5 Å². The summed E-state index contributed by atoms with van der Waals surface area (Å²) < 4.78 is 5.35. The molecule has 0 unspecified atom stereocenters. The molecular weight excluding hydrogens is 291 g/mol. The van der Waals surface area contributed by atoms with Crippen molar-refractivity contribution in [1.82, 2.24) is 4.90 Å². The Bertz CT molecular complexity index is 505. The Hall–Kier alpha value is -1.19. The van der Waals surface area contributed by atoms with Gasteiger partial charge in [-0.3, -0.25) is 9.69 Å². The van der Waals surface area contributed by atoms with E-state index in [1.165, 1.54) is 0 Å². The van der Waals surface area contributed by atoms with Gasteiger partial charge in [0.05, 0.1) is 6.42 Å². The molecule has 1 aromatic rings. The molecule has 0 spiro atoms. The second-order valence-electron chi connectivity index (χ2n) is 4.96. The summed E-state index contributed by atoms with van der Waals surface area (Å²) in [5, 5.41) is 8.70. The van der Waals surface area contributed by atoms with Crippen LogP contribution in [0.3, 0.4) is 0 Å². The molecule has 22 heavy (non-hydrogen) atoms. The number of carboxylic acid groups (broad SMARTS) is 1. The van der Waals surface area contributed by atoms with Gasteiger partial charge in [0.15, 0.2) is 0 Å². The van der Waals surface area contributed by atoms with Crippen molar-refractivity contribution in [2.75, 3.05) is 44.2 Å². The predicted molar refractivity (Wildman–Crippen MR) is 88.8 cm³/mol. The van der Waals surface area contributed by atoms with E-state index in [1.54, 1.807) is 0 Å². The molecule has 1 saturated heterocycles. The van der Waals surface area contributed by atoms with Crippen molar-refractivity contribution in [3.05, 3.63) is 24.3 Å². The number of hydrogen-bond acceptors (Lipinski definition) is 4. The molecule has 2 rings (SSSR count). The van der Waals surface area contributed by atoms with Crippen LogP contribution in [0, 0.1) is 12.3 Å². The summed E-state index contributed by atoms with van der Waals surface area (Å²) in [4.78, 5) is 15.1. The Kier molecular flexibility index (Phi) is 8.36. The van der Waals surface area contributed by atoms with Crippen LogP contribution in [0.15, 0.2) is 24.3 Å². The average Bonchev–Trinajstić information content (AvgIpc) is 2.52. The summed E-state index contributed by atoms with van der Waals surface area (Å²) in [6.45, 7) is 4.50. The first-order chi connectivity index (χ1) is 10.2. The third kappa shape index (κ3) is 5.90. The molecule has 0 saturated carbocycles. The molecular formula is C16H21N2NaO3. The summed E-state index contributed by atoms with van der Waals surface area (Å²) in [7, 11) is 0. The SMILES string of the molecule is C#CCOc1ccc(N2CCN(CCC(=O)O)CC2)cc1.[NaH]. The second-order valence-corrected chi connectivity index (χ2v) is 4.96. The van der Waals surface area contributed by atoms with Crippen molar-refractivity contribution in [2.24, 2.45) is 0 Å². The minimum absolute atomic E-state index is 0. The van der Waals surface area contributed by atoms with E-state index in [0.717, 1.165) is 37.6 Å². The van der Waals surface area contributed by atoms with Gasteiger partial charge < -0.3 is 14.7 Å². The van der Waals surface area contributed by atoms with E-state index in [1.807, 2.05) is 24.3 Å².